The van der Waals surface area contributed by atoms with Crippen LogP contribution in [0, 0.1) is 5.92 Å². The van der Waals surface area contributed by atoms with E-state index in [0.29, 0.717) is 24.2 Å². The summed E-state index contributed by atoms with van der Waals surface area (Å²) < 4.78 is 1.56. The Balaban J connectivity index is 1.29. The second-order valence-corrected chi connectivity index (χ2v) is 7.80. The van der Waals surface area contributed by atoms with Crippen molar-refractivity contribution in [3.8, 4) is 0 Å². The SMILES string of the molecule is O=C(Cn1cc(NC(=O)C2CCCN(c3ncccn3)C2)cn1)NC1CCCC1. The molecule has 2 fully saturated rings. The van der Waals surface area contributed by atoms with E-state index in [1.165, 1.54) is 12.8 Å². The number of carbonyl (C=O) groups is 2. The highest BCUT2D eigenvalue weighted by molar-refractivity contribution is 5.92. The van der Waals surface area contributed by atoms with Gasteiger partial charge in [0.05, 0.1) is 17.8 Å². The van der Waals surface area contributed by atoms with Crippen LogP contribution in [-0.4, -0.2) is 50.7 Å². The average molecular weight is 397 g/mol. The number of amides is 2. The summed E-state index contributed by atoms with van der Waals surface area (Å²) in [6.07, 6.45) is 12.9. The summed E-state index contributed by atoms with van der Waals surface area (Å²) in [6, 6.07) is 2.07. The molecule has 154 valence electrons. The number of rotatable bonds is 6. The lowest BCUT2D eigenvalue weighted by molar-refractivity contribution is -0.122. The first-order valence-corrected chi connectivity index (χ1v) is 10.3. The Labute approximate surface area is 169 Å². The molecule has 1 atom stereocenters. The molecule has 29 heavy (non-hydrogen) atoms. The fourth-order valence-corrected chi connectivity index (χ4v) is 4.08. The van der Waals surface area contributed by atoms with E-state index >= 15 is 0 Å². The summed E-state index contributed by atoms with van der Waals surface area (Å²) in [4.78, 5) is 35.5. The van der Waals surface area contributed by atoms with Crippen molar-refractivity contribution in [1.29, 1.82) is 0 Å². The van der Waals surface area contributed by atoms with E-state index in [-0.39, 0.29) is 24.3 Å². The van der Waals surface area contributed by atoms with Crippen LogP contribution in [0.1, 0.15) is 38.5 Å². The van der Waals surface area contributed by atoms with Gasteiger partial charge in [-0.2, -0.15) is 5.10 Å². The number of aromatic nitrogens is 4. The van der Waals surface area contributed by atoms with Gasteiger partial charge in [0.1, 0.15) is 6.54 Å². The highest BCUT2D eigenvalue weighted by Gasteiger charge is 2.27. The third-order valence-electron chi connectivity index (χ3n) is 5.55. The number of hydrogen-bond acceptors (Lipinski definition) is 6. The highest BCUT2D eigenvalue weighted by atomic mass is 16.2. The Morgan fingerprint density at radius 2 is 1.90 bits per heavy atom. The van der Waals surface area contributed by atoms with E-state index in [2.05, 4.69) is 25.7 Å². The van der Waals surface area contributed by atoms with Gasteiger partial charge in [-0.05, 0) is 31.7 Å². The Morgan fingerprint density at radius 1 is 1.10 bits per heavy atom. The third kappa shape index (κ3) is 5.10. The fraction of sp³-hybridized carbons (Fsp3) is 0.550. The molecule has 9 heteroatoms. The zero-order valence-electron chi connectivity index (χ0n) is 16.5. The molecule has 1 saturated heterocycles. The number of anilines is 2. The van der Waals surface area contributed by atoms with Gasteiger partial charge < -0.3 is 15.5 Å². The van der Waals surface area contributed by atoms with Crippen molar-refractivity contribution in [1.82, 2.24) is 25.1 Å². The predicted octanol–water partition coefficient (Wildman–Crippen LogP) is 1.59. The number of nitrogens with one attached hydrogen (secondary N) is 2. The molecule has 0 bridgehead atoms. The molecule has 1 saturated carbocycles. The molecule has 4 rings (SSSR count). The quantitative estimate of drug-likeness (QED) is 0.767. The molecule has 2 aliphatic rings. The van der Waals surface area contributed by atoms with E-state index in [4.69, 9.17) is 0 Å². The molecular weight excluding hydrogens is 370 g/mol. The average Bonchev–Trinajstić information content (AvgIpc) is 3.41. The first-order chi connectivity index (χ1) is 14.2. The summed E-state index contributed by atoms with van der Waals surface area (Å²) in [5, 5.41) is 10.2. The minimum atomic E-state index is -0.137. The van der Waals surface area contributed by atoms with Gasteiger partial charge in [-0.25, -0.2) is 9.97 Å². The number of carbonyl (C=O) groups excluding carboxylic acids is 2. The van der Waals surface area contributed by atoms with Crippen LogP contribution in [-0.2, 0) is 16.1 Å². The van der Waals surface area contributed by atoms with Crippen molar-refractivity contribution in [2.45, 2.75) is 51.1 Å². The van der Waals surface area contributed by atoms with Crippen molar-refractivity contribution >= 4 is 23.5 Å². The van der Waals surface area contributed by atoms with E-state index < -0.39 is 0 Å². The molecule has 0 radical (unpaired) electrons. The zero-order valence-corrected chi connectivity index (χ0v) is 16.5. The summed E-state index contributed by atoms with van der Waals surface area (Å²) in [5.74, 6) is 0.442. The van der Waals surface area contributed by atoms with Gasteiger partial charge in [0.25, 0.3) is 0 Å². The second kappa shape index (κ2) is 9.02. The first-order valence-electron chi connectivity index (χ1n) is 10.3. The Morgan fingerprint density at radius 3 is 2.69 bits per heavy atom. The normalized spacial score (nSPS) is 19.9. The first kappa shape index (κ1) is 19.4. The van der Waals surface area contributed by atoms with Crippen LogP contribution < -0.4 is 15.5 Å². The van der Waals surface area contributed by atoms with Gasteiger partial charge >= 0.3 is 0 Å². The molecule has 9 nitrogen and oxygen atoms in total. The molecule has 1 unspecified atom stereocenters. The topological polar surface area (TPSA) is 105 Å². The second-order valence-electron chi connectivity index (χ2n) is 7.80. The molecule has 0 aromatic carbocycles. The van der Waals surface area contributed by atoms with Crippen LogP contribution in [0.25, 0.3) is 0 Å². The fourth-order valence-electron chi connectivity index (χ4n) is 4.08. The van der Waals surface area contributed by atoms with E-state index in [1.807, 2.05) is 4.90 Å². The lowest BCUT2D eigenvalue weighted by Crippen LogP contribution is -2.41. The van der Waals surface area contributed by atoms with Crippen LogP contribution in [0.4, 0.5) is 11.6 Å². The Bertz CT molecular complexity index is 832. The smallest absolute Gasteiger partial charge is 0.241 e. The largest absolute Gasteiger partial charge is 0.352 e. The van der Waals surface area contributed by atoms with Crippen molar-refractivity contribution in [2.75, 3.05) is 23.3 Å². The Hall–Kier alpha value is -2.97. The van der Waals surface area contributed by atoms with Crippen LogP contribution in [0.3, 0.4) is 0 Å². The van der Waals surface area contributed by atoms with Crippen molar-refractivity contribution in [3.63, 3.8) is 0 Å². The van der Waals surface area contributed by atoms with Crippen LogP contribution in [0.5, 0.6) is 0 Å². The maximum atomic E-state index is 12.7. The lowest BCUT2D eigenvalue weighted by Gasteiger charge is -2.31. The molecule has 0 spiro atoms. The molecule has 2 N–H and O–H groups in total. The maximum absolute atomic E-state index is 12.7. The standard InChI is InChI=1S/C20H27N7O2/c28-18(24-16-6-1-2-7-16)14-27-13-17(11-23-27)25-19(29)15-5-3-10-26(12-15)20-21-8-4-9-22-20/h4,8-9,11,13,15-16H,1-3,5-7,10,12,14H2,(H,24,28)(H,25,29). The van der Waals surface area contributed by atoms with Gasteiger partial charge in [-0.1, -0.05) is 12.8 Å². The predicted molar refractivity (Wildman–Crippen MR) is 108 cm³/mol. The highest BCUT2D eigenvalue weighted by Crippen LogP contribution is 2.21. The summed E-state index contributed by atoms with van der Waals surface area (Å²) >= 11 is 0. The number of hydrogen-bond donors (Lipinski definition) is 2. The molecule has 3 heterocycles. The van der Waals surface area contributed by atoms with Crippen molar-refractivity contribution in [3.05, 3.63) is 30.9 Å². The zero-order chi connectivity index (χ0) is 20.1. The molecule has 1 aliphatic carbocycles. The minimum Gasteiger partial charge on any atom is -0.352 e. The molecule has 1 aliphatic heterocycles. The molecule has 2 aromatic rings. The van der Waals surface area contributed by atoms with E-state index in [0.717, 1.165) is 32.2 Å². The molecular formula is C20H27N7O2. The molecule has 2 aromatic heterocycles. The maximum Gasteiger partial charge on any atom is 0.241 e. The number of nitrogens with zero attached hydrogens (tertiary/aromatic N) is 5. The third-order valence-corrected chi connectivity index (χ3v) is 5.55. The van der Waals surface area contributed by atoms with Gasteiger partial charge in [0.15, 0.2) is 0 Å². The summed E-state index contributed by atoms with van der Waals surface area (Å²) in [6.45, 7) is 1.60. The van der Waals surface area contributed by atoms with Crippen molar-refractivity contribution < 1.29 is 9.59 Å². The van der Waals surface area contributed by atoms with Gasteiger partial charge in [0, 0.05) is 37.7 Å². The van der Waals surface area contributed by atoms with Gasteiger partial charge in [-0.15, -0.1) is 0 Å². The Kier molecular flexibility index (Phi) is 6.02. The lowest BCUT2D eigenvalue weighted by atomic mass is 9.97. The van der Waals surface area contributed by atoms with E-state index in [1.54, 1.807) is 35.5 Å². The summed E-state index contributed by atoms with van der Waals surface area (Å²) in [5.41, 5.74) is 0.608. The van der Waals surface area contributed by atoms with Gasteiger partial charge in [-0.3, -0.25) is 14.3 Å². The van der Waals surface area contributed by atoms with Crippen molar-refractivity contribution in [2.24, 2.45) is 5.92 Å². The van der Waals surface area contributed by atoms with E-state index in [9.17, 15) is 9.59 Å². The van der Waals surface area contributed by atoms with Crippen LogP contribution in [0.2, 0.25) is 0 Å². The number of piperidine rings is 1. The minimum absolute atomic E-state index is 0.0383. The summed E-state index contributed by atoms with van der Waals surface area (Å²) in [7, 11) is 0. The monoisotopic (exact) mass is 397 g/mol. The molecule has 2 amide bonds. The van der Waals surface area contributed by atoms with Crippen LogP contribution in [0.15, 0.2) is 30.9 Å². The van der Waals surface area contributed by atoms with Crippen LogP contribution >= 0.6 is 0 Å². The van der Waals surface area contributed by atoms with Gasteiger partial charge in [0.2, 0.25) is 17.8 Å².